The summed E-state index contributed by atoms with van der Waals surface area (Å²) in [7, 11) is -3.47. The molecule has 0 radical (unpaired) electrons. The van der Waals surface area contributed by atoms with E-state index in [1.807, 2.05) is 24.3 Å². The van der Waals surface area contributed by atoms with Gasteiger partial charge in [0, 0.05) is 18.7 Å². The topological polar surface area (TPSA) is 79.4 Å². The minimum Gasteiger partial charge on any atom is -0.298 e. The average molecular weight is 387 g/mol. The number of hydrogen-bond acceptors (Lipinski definition) is 5. The van der Waals surface area contributed by atoms with Gasteiger partial charge in [0.1, 0.15) is 0 Å². The van der Waals surface area contributed by atoms with E-state index in [0.717, 1.165) is 23.1 Å². The summed E-state index contributed by atoms with van der Waals surface area (Å²) in [6.45, 7) is 1.12. The van der Waals surface area contributed by atoms with E-state index in [4.69, 9.17) is 0 Å². The summed E-state index contributed by atoms with van der Waals surface area (Å²) < 4.78 is 27.5. The van der Waals surface area contributed by atoms with Crippen molar-refractivity contribution >= 4 is 42.6 Å². The van der Waals surface area contributed by atoms with Gasteiger partial charge in [-0.3, -0.25) is 10.1 Å². The second-order valence-corrected chi connectivity index (χ2v) is 9.05. The highest BCUT2D eigenvalue weighted by Gasteiger charge is 2.27. The summed E-state index contributed by atoms with van der Waals surface area (Å²) in [4.78, 5) is 17.0. The number of thiazole rings is 1. The van der Waals surface area contributed by atoms with Crippen LogP contribution in [0.25, 0.3) is 10.2 Å². The number of carbonyl (C=O) groups excluding carboxylic acids is 1. The third-order valence-electron chi connectivity index (χ3n) is 4.33. The Labute approximate surface area is 155 Å². The monoisotopic (exact) mass is 387 g/mol. The summed E-state index contributed by atoms with van der Waals surface area (Å²) in [5.74, 6) is -0.311. The van der Waals surface area contributed by atoms with Crippen molar-refractivity contribution in [1.29, 1.82) is 0 Å². The van der Waals surface area contributed by atoms with E-state index in [-0.39, 0.29) is 10.8 Å². The lowest BCUT2D eigenvalue weighted by Crippen LogP contribution is -2.27. The quantitative estimate of drug-likeness (QED) is 0.745. The van der Waals surface area contributed by atoms with E-state index in [0.29, 0.717) is 23.8 Å². The van der Waals surface area contributed by atoms with Crippen LogP contribution in [-0.4, -0.2) is 36.7 Å². The van der Waals surface area contributed by atoms with Gasteiger partial charge < -0.3 is 0 Å². The van der Waals surface area contributed by atoms with E-state index in [1.165, 1.54) is 39.9 Å². The summed E-state index contributed by atoms with van der Waals surface area (Å²) in [6, 6.07) is 13.7. The lowest BCUT2D eigenvalue weighted by molar-refractivity contribution is 0.102. The summed E-state index contributed by atoms with van der Waals surface area (Å²) in [6.07, 6.45) is 1.78. The van der Waals surface area contributed by atoms with Crippen molar-refractivity contribution in [3.63, 3.8) is 0 Å². The first kappa shape index (κ1) is 17.1. The lowest BCUT2D eigenvalue weighted by Gasteiger charge is -2.15. The number of para-hydroxylation sites is 1. The molecule has 0 unspecified atom stereocenters. The average Bonchev–Trinajstić information content (AvgIpc) is 3.31. The van der Waals surface area contributed by atoms with Crippen LogP contribution in [-0.2, 0) is 10.0 Å². The molecule has 2 aromatic carbocycles. The van der Waals surface area contributed by atoms with Crippen molar-refractivity contribution in [3.05, 3.63) is 54.1 Å². The number of aromatic nitrogens is 1. The van der Waals surface area contributed by atoms with Gasteiger partial charge in [0.05, 0.1) is 15.1 Å². The number of amides is 1. The standard InChI is InChI=1S/C18H17N3O3S2/c22-17(20-18-19-15-5-1-2-6-16(15)25-18)13-7-9-14(10-8-13)26(23,24)21-11-3-4-12-21/h1-2,5-10H,3-4,11-12H2,(H,19,20,22). The number of fused-ring (bicyclic) bond motifs is 1. The maximum Gasteiger partial charge on any atom is 0.257 e. The van der Waals surface area contributed by atoms with Crippen molar-refractivity contribution in [2.45, 2.75) is 17.7 Å². The van der Waals surface area contributed by atoms with E-state index < -0.39 is 10.0 Å². The van der Waals surface area contributed by atoms with Gasteiger partial charge in [-0.1, -0.05) is 23.5 Å². The minimum atomic E-state index is -3.47. The number of anilines is 1. The molecule has 1 aliphatic rings. The van der Waals surface area contributed by atoms with Gasteiger partial charge in [-0.15, -0.1) is 0 Å². The minimum absolute atomic E-state index is 0.218. The maximum atomic E-state index is 12.5. The maximum absolute atomic E-state index is 12.5. The van der Waals surface area contributed by atoms with E-state index >= 15 is 0 Å². The summed E-state index contributed by atoms with van der Waals surface area (Å²) in [5, 5.41) is 3.29. The van der Waals surface area contributed by atoms with Crippen LogP contribution in [0.1, 0.15) is 23.2 Å². The van der Waals surface area contributed by atoms with Gasteiger partial charge in [-0.2, -0.15) is 4.31 Å². The molecule has 134 valence electrons. The molecule has 0 aliphatic carbocycles. The molecule has 8 heteroatoms. The fourth-order valence-corrected chi connectivity index (χ4v) is 5.33. The van der Waals surface area contributed by atoms with E-state index in [1.54, 1.807) is 0 Å². The first-order valence-corrected chi connectivity index (χ1v) is 10.6. The number of nitrogens with one attached hydrogen (secondary N) is 1. The molecule has 1 saturated heterocycles. The van der Waals surface area contributed by atoms with Gasteiger partial charge in [-0.05, 0) is 49.2 Å². The van der Waals surface area contributed by atoms with Gasteiger partial charge in [0.25, 0.3) is 5.91 Å². The van der Waals surface area contributed by atoms with Crippen molar-refractivity contribution in [2.24, 2.45) is 0 Å². The fourth-order valence-electron chi connectivity index (χ4n) is 2.95. The van der Waals surface area contributed by atoms with Crippen molar-refractivity contribution in [3.8, 4) is 0 Å². The molecule has 1 N–H and O–H groups in total. The van der Waals surface area contributed by atoms with Crippen LogP contribution >= 0.6 is 11.3 Å². The summed E-state index contributed by atoms with van der Waals surface area (Å²) in [5.41, 5.74) is 1.23. The number of nitrogens with zero attached hydrogens (tertiary/aromatic N) is 2. The zero-order valence-electron chi connectivity index (χ0n) is 13.9. The second kappa shape index (κ2) is 6.79. The molecule has 1 amide bonds. The molecule has 0 spiro atoms. The Morgan fingerprint density at radius 1 is 1.04 bits per heavy atom. The van der Waals surface area contributed by atoms with Crippen LogP contribution in [0.3, 0.4) is 0 Å². The second-order valence-electron chi connectivity index (χ2n) is 6.08. The molecule has 0 atom stereocenters. The first-order chi connectivity index (χ1) is 12.5. The predicted octanol–water partition coefficient (Wildman–Crippen LogP) is 3.33. The molecule has 3 aromatic rings. The number of benzene rings is 2. The molecule has 1 aromatic heterocycles. The van der Waals surface area contributed by atoms with Crippen LogP contribution in [0.2, 0.25) is 0 Å². The van der Waals surface area contributed by atoms with Gasteiger partial charge >= 0.3 is 0 Å². The van der Waals surface area contributed by atoms with Gasteiger partial charge in [-0.25, -0.2) is 13.4 Å². The van der Waals surface area contributed by atoms with Gasteiger partial charge in [0.2, 0.25) is 10.0 Å². The zero-order chi connectivity index (χ0) is 18.1. The molecule has 0 saturated carbocycles. The van der Waals surface area contributed by atoms with Crippen LogP contribution in [0.15, 0.2) is 53.4 Å². The molecule has 6 nitrogen and oxygen atoms in total. The molecule has 1 fully saturated rings. The molecule has 4 rings (SSSR count). The molecule has 26 heavy (non-hydrogen) atoms. The van der Waals surface area contributed by atoms with Crippen molar-refractivity contribution < 1.29 is 13.2 Å². The highest BCUT2D eigenvalue weighted by Crippen LogP contribution is 2.26. The Hall–Kier alpha value is -2.29. The fraction of sp³-hybridized carbons (Fsp3) is 0.222. The zero-order valence-corrected chi connectivity index (χ0v) is 15.5. The third-order valence-corrected chi connectivity index (χ3v) is 7.20. The van der Waals surface area contributed by atoms with Crippen LogP contribution in [0.4, 0.5) is 5.13 Å². The molecule has 2 heterocycles. The summed E-state index contributed by atoms with van der Waals surface area (Å²) >= 11 is 1.40. The third kappa shape index (κ3) is 3.23. The van der Waals surface area contributed by atoms with Crippen LogP contribution in [0.5, 0.6) is 0 Å². The normalized spacial score (nSPS) is 15.4. The smallest absolute Gasteiger partial charge is 0.257 e. The van der Waals surface area contributed by atoms with E-state index in [2.05, 4.69) is 10.3 Å². The highest BCUT2D eigenvalue weighted by atomic mass is 32.2. The molecular formula is C18H17N3O3S2. The number of rotatable bonds is 4. The number of hydrogen-bond donors (Lipinski definition) is 1. The van der Waals surface area contributed by atoms with Crippen molar-refractivity contribution in [2.75, 3.05) is 18.4 Å². The number of carbonyl (C=O) groups is 1. The van der Waals surface area contributed by atoms with Gasteiger partial charge in [0.15, 0.2) is 5.13 Å². The Morgan fingerprint density at radius 2 is 1.73 bits per heavy atom. The Balaban J connectivity index is 1.51. The highest BCUT2D eigenvalue weighted by molar-refractivity contribution is 7.89. The Morgan fingerprint density at radius 3 is 2.42 bits per heavy atom. The molecule has 0 bridgehead atoms. The first-order valence-electron chi connectivity index (χ1n) is 8.31. The molecular weight excluding hydrogens is 370 g/mol. The predicted molar refractivity (Wildman–Crippen MR) is 102 cm³/mol. The van der Waals surface area contributed by atoms with Crippen LogP contribution < -0.4 is 5.32 Å². The lowest BCUT2D eigenvalue weighted by atomic mass is 10.2. The molecule has 1 aliphatic heterocycles. The van der Waals surface area contributed by atoms with Crippen molar-refractivity contribution in [1.82, 2.24) is 9.29 Å². The van der Waals surface area contributed by atoms with E-state index in [9.17, 15) is 13.2 Å². The number of sulfonamides is 1. The SMILES string of the molecule is O=C(Nc1nc2ccccc2s1)c1ccc(S(=O)(=O)N2CCCC2)cc1. The Kier molecular flexibility index (Phi) is 4.47. The largest absolute Gasteiger partial charge is 0.298 e. The van der Waals surface area contributed by atoms with Crippen LogP contribution in [0, 0.1) is 0 Å². The Bertz CT molecular complexity index is 1020.